The maximum absolute atomic E-state index is 12.1. The zero-order valence-electron chi connectivity index (χ0n) is 11.2. The molecule has 1 unspecified atom stereocenters. The van der Waals surface area contributed by atoms with E-state index in [9.17, 15) is 4.79 Å². The number of rotatable bonds is 3. The summed E-state index contributed by atoms with van der Waals surface area (Å²) in [6.07, 6.45) is 0. The van der Waals surface area contributed by atoms with Gasteiger partial charge >= 0.3 is 0 Å². The number of benzene rings is 1. The Morgan fingerprint density at radius 3 is 2.58 bits per heavy atom. The zero-order valence-corrected chi connectivity index (χ0v) is 12.7. The summed E-state index contributed by atoms with van der Waals surface area (Å²) >= 11 is 3.42. The number of halogens is 1. The van der Waals surface area contributed by atoms with E-state index in [0.717, 1.165) is 21.6 Å². The van der Waals surface area contributed by atoms with Gasteiger partial charge in [0.1, 0.15) is 11.5 Å². The van der Waals surface area contributed by atoms with E-state index in [4.69, 9.17) is 4.42 Å². The molecule has 19 heavy (non-hydrogen) atoms. The van der Waals surface area contributed by atoms with Crippen LogP contribution in [0.2, 0.25) is 0 Å². The number of amides is 1. The van der Waals surface area contributed by atoms with Gasteiger partial charge < -0.3 is 9.73 Å². The smallest absolute Gasteiger partial charge is 0.251 e. The van der Waals surface area contributed by atoms with Crippen LogP contribution in [-0.2, 0) is 0 Å². The number of hydrogen-bond acceptors (Lipinski definition) is 2. The van der Waals surface area contributed by atoms with E-state index in [-0.39, 0.29) is 11.9 Å². The fraction of sp³-hybridized carbons (Fsp3) is 0.267. The van der Waals surface area contributed by atoms with Crippen molar-refractivity contribution < 1.29 is 9.21 Å². The van der Waals surface area contributed by atoms with E-state index in [1.54, 1.807) is 6.07 Å². The van der Waals surface area contributed by atoms with Crippen LogP contribution in [0, 0.1) is 13.8 Å². The minimum absolute atomic E-state index is 0.0999. The number of furan rings is 1. The summed E-state index contributed by atoms with van der Waals surface area (Å²) < 4.78 is 6.50. The van der Waals surface area contributed by atoms with Crippen molar-refractivity contribution in [3.8, 4) is 0 Å². The van der Waals surface area contributed by atoms with E-state index in [1.807, 2.05) is 45.0 Å². The number of carbonyl (C=O) groups excluding carboxylic acids is 1. The highest BCUT2D eigenvalue weighted by atomic mass is 79.9. The molecular formula is C15H16BrNO2. The largest absolute Gasteiger partial charge is 0.464 e. The number of nitrogens with one attached hydrogen (secondary N) is 1. The Kier molecular flexibility index (Phi) is 4.10. The van der Waals surface area contributed by atoms with Crippen LogP contribution in [0.5, 0.6) is 0 Å². The lowest BCUT2D eigenvalue weighted by atomic mass is 10.1. The van der Waals surface area contributed by atoms with Crippen molar-refractivity contribution in [2.45, 2.75) is 26.8 Å². The molecule has 100 valence electrons. The van der Waals surface area contributed by atoms with Crippen LogP contribution in [0.1, 0.15) is 40.4 Å². The average molecular weight is 322 g/mol. The first kappa shape index (κ1) is 13.9. The Morgan fingerprint density at radius 1 is 1.26 bits per heavy atom. The molecule has 0 spiro atoms. The van der Waals surface area contributed by atoms with Gasteiger partial charge in [-0.05, 0) is 56.7 Å². The van der Waals surface area contributed by atoms with Crippen LogP contribution in [-0.4, -0.2) is 5.91 Å². The van der Waals surface area contributed by atoms with Crippen LogP contribution < -0.4 is 5.32 Å². The second-order valence-corrected chi connectivity index (χ2v) is 5.46. The maximum atomic E-state index is 12.1. The van der Waals surface area contributed by atoms with E-state index >= 15 is 0 Å². The average Bonchev–Trinajstić information content (AvgIpc) is 2.79. The SMILES string of the molecule is Cc1ccc(C(C)NC(=O)c2ccc(Br)c(C)c2)o1. The summed E-state index contributed by atoms with van der Waals surface area (Å²) in [5.41, 5.74) is 1.69. The Hall–Kier alpha value is -1.55. The molecule has 0 aliphatic carbocycles. The molecule has 3 nitrogen and oxygen atoms in total. The second kappa shape index (κ2) is 5.61. The van der Waals surface area contributed by atoms with Crippen molar-refractivity contribution >= 4 is 21.8 Å². The Bertz CT molecular complexity index is 604. The van der Waals surface area contributed by atoms with Gasteiger partial charge in [0.25, 0.3) is 5.91 Å². The topological polar surface area (TPSA) is 42.2 Å². The van der Waals surface area contributed by atoms with Gasteiger partial charge in [0.05, 0.1) is 6.04 Å². The molecule has 1 heterocycles. The predicted octanol–water partition coefficient (Wildman–Crippen LogP) is 4.15. The van der Waals surface area contributed by atoms with Crippen LogP contribution in [0.25, 0.3) is 0 Å². The lowest BCUT2D eigenvalue weighted by Crippen LogP contribution is -2.26. The first-order chi connectivity index (χ1) is 8.97. The maximum Gasteiger partial charge on any atom is 0.251 e. The van der Waals surface area contributed by atoms with Crippen molar-refractivity contribution in [2.24, 2.45) is 0 Å². The molecule has 1 amide bonds. The van der Waals surface area contributed by atoms with Gasteiger partial charge in [-0.1, -0.05) is 15.9 Å². The molecule has 1 aromatic heterocycles. The molecule has 1 N–H and O–H groups in total. The van der Waals surface area contributed by atoms with E-state index in [1.165, 1.54) is 0 Å². The van der Waals surface area contributed by atoms with Gasteiger partial charge in [0.2, 0.25) is 0 Å². The predicted molar refractivity (Wildman–Crippen MR) is 78.2 cm³/mol. The summed E-state index contributed by atoms with van der Waals surface area (Å²) in [7, 11) is 0. The van der Waals surface area contributed by atoms with Gasteiger partial charge in [-0.3, -0.25) is 4.79 Å². The molecule has 0 saturated carbocycles. The van der Waals surface area contributed by atoms with Gasteiger partial charge in [-0.15, -0.1) is 0 Å². The Morgan fingerprint density at radius 2 is 2.00 bits per heavy atom. The standard InChI is InChI=1S/C15H16BrNO2/c1-9-8-12(5-6-13(9)16)15(18)17-11(3)14-7-4-10(2)19-14/h4-8,11H,1-3H3,(H,17,18). The molecule has 0 fully saturated rings. The molecule has 2 rings (SSSR count). The zero-order chi connectivity index (χ0) is 14.0. The van der Waals surface area contributed by atoms with Crippen LogP contribution >= 0.6 is 15.9 Å². The van der Waals surface area contributed by atoms with Gasteiger partial charge in [0.15, 0.2) is 0 Å². The van der Waals surface area contributed by atoms with E-state index < -0.39 is 0 Å². The Labute approximate surface area is 121 Å². The van der Waals surface area contributed by atoms with Crippen molar-refractivity contribution in [3.05, 3.63) is 57.5 Å². The van der Waals surface area contributed by atoms with E-state index in [0.29, 0.717) is 5.56 Å². The van der Waals surface area contributed by atoms with Crippen LogP contribution in [0.4, 0.5) is 0 Å². The lowest BCUT2D eigenvalue weighted by molar-refractivity contribution is 0.0935. The fourth-order valence-corrected chi connectivity index (χ4v) is 2.07. The van der Waals surface area contributed by atoms with Crippen molar-refractivity contribution in [2.75, 3.05) is 0 Å². The quantitative estimate of drug-likeness (QED) is 0.922. The normalized spacial score (nSPS) is 12.2. The highest BCUT2D eigenvalue weighted by molar-refractivity contribution is 9.10. The summed E-state index contributed by atoms with van der Waals surface area (Å²) in [6, 6.07) is 9.16. The van der Waals surface area contributed by atoms with Gasteiger partial charge in [-0.25, -0.2) is 0 Å². The number of carbonyl (C=O) groups is 1. The minimum Gasteiger partial charge on any atom is -0.464 e. The van der Waals surface area contributed by atoms with Crippen LogP contribution in [0.3, 0.4) is 0 Å². The minimum atomic E-state index is -0.148. The first-order valence-electron chi connectivity index (χ1n) is 6.10. The molecule has 0 saturated heterocycles. The molecule has 0 bridgehead atoms. The molecule has 2 aromatic rings. The highest BCUT2D eigenvalue weighted by Crippen LogP contribution is 2.19. The third-order valence-corrected chi connectivity index (χ3v) is 3.85. The fourth-order valence-electron chi connectivity index (χ4n) is 1.82. The van der Waals surface area contributed by atoms with Crippen LogP contribution in [0.15, 0.2) is 39.2 Å². The summed E-state index contributed by atoms with van der Waals surface area (Å²) in [5.74, 6) is 1.51. The van der Waals surface area contributed by atoms with E-state index in [2.05, 4.69) is 21.2 Å². The van der Waals surface area contributed by atoms with Gasteiger partial charge in [-0.2, -0.15) is 0 Å². The van der Waals surface area contributed by atoms with Crippen molar-refractivity contribution in [3.63, 3.8) is 0 Å². The molecule has 1 aromatic carbocycles. The summed E-state index contributed by atoms with van der Waals surface area (Å²) in [5, 5.41) is 2.92. The molecule has 0 radical (unpaired) electrons. The second-order valence-electron chi connectivity index (χ2n) is 4.61. The summed E-state index contributed by atoms with van der Waals surface area (Å²) in [6.45, 7) is 5.75. The monoisotopic (exact) mass is 321 g/mol. The molecule has 1 atom stereocenters. The molecule has 0 aliphatic rings. The Balaban J connectivity index is 2.10. The van der Waals surface area contributed by atoms with Crippen molar-refractivity contribution in [1.82, 2.24) is 5.32 Å². The van der Waals surface area contributed by atoms with Crippen molar-refractivity contribution in [1.29, 1.82) is 0 Å². The molecule has 4 heteroatoms. The highest BCUT2D eigenvalue weighted by Gasteiger charge is 2.14. The number of aryl methyl sites for hydroxylation is 2. The number of hydrogen-bond donors (Lipinski definition) is 1. The first-order valence-corrected chi connectivity index (χ1v) is 6.90. The third-order valence-electron chi connectivity index (χ3n) is 2.96. The third kappa shape index (κ3) is 3.26. The lowest BCUT2D eigenvalue weighted by Gasteiger charge is -2.12. The summed E-state index contributed by atoms with van der Waals surface area (Å²) in [4.78, 5) is 12.1. The molecule has 0 aliphatic heterocycles. The van der Waals surface area contributed by atoms with Gasteiger partial charge in [0, 0.05) is 10.0 Å². The molecular weight excluding hydrogens is 306 g/mol.